The zero-order valence-electron chi connectivity index (χ0n) is 21.5. The van der Waals surface area contributed by atoms with Crippen LogP contribution in [0.4, 0.5) is 4.39 Å². The molecule has 0 aliphatic carbocycles. The number of hydrogen-bond acceptors (Lipinski definition) is 2. The highest BCUT2D eigenvalue weighted by molar-refractivity contribution is 7.98. The standard InChI is InChI=1S/C11H15F.C10H21N.C3H8OS.C2H6/c1-9-4-6-10(7-5-9)8-11(2,3)12;1-5-7-10(8-6-2)11-9(3)4;1-5(2,3)4;1-2/h4-7H,8H2,1-3H3;10-11H,3,5-8H2,1-2,4H3;1H2,2-3H3;1-2H3. The first-order valence-corrected chi connectivity index (χ1v) is 13.7. The summed E-state index contributed by atoms with van der Waals surface area (Å²) in [6.07, 6.45) is 8.74. The van der Waals surface area contributed by atoms with E-state index in [1.165, 1.54) is 31.2 Å². The molecular weight excluding hydrogens is 393 g/mol. The van der Waals surface area contributed by atoms with Gasteiger partial charge in [-0.15, -0.1) is 0 Å². The molecule has 30 heavy (non-hydrogen) atoms. The van der Waals surface area contributed by atoms with Gasteiger partial charge < -0.3 is 5.32 Å². The first kappa shape index (κ1) is 33.4. The highest BCUT2D eigenvalue weighted by Gasteiger charge is 2.15. The molecule has 0 aliphatic rings. The van der Waals surface area contributed by atoms with Crippen LogP contribution in [0.1, 0.15) is 85.3 Å². The predicted molar refractivity (Wildman–Crippen MR) is 140 cm³/mol. The normalized spacial score (nSPS) is 10.5. The molecule has 0 saturated carbocycles. The largest absolute Gasteiger partial charge is 0.386 e. The van der Waals surface area contributed by atoms with Gasteiger partial charge in [0.05, 0.1) is 0 Å². The monoisotopic (exact) mass is 443 g/mol. The van der Waals surface area contributed by atoms with Gasteiger partial charge in [-0.3, -0.25) is 4.21 Å². The maximum Gasteiger partial charge on any atom is 0.109 e. The van der Waals surface area contributed by atoms with Crippen molar-refractivity contribution in [3.8, 4) is 0 Å². The zero-order valence-corrected chi connectivity index (χ0v) is 22.3. The minimum Gasteiger partial charge on any atom is -0.386 e. The molecule has 0 aromatic heterocycles. The van der Waals surface area contributed by atoms with Gasteiger partial charge in [0.25, 0.3) is 0 Å². The fourth-order valence-electron chi connectivity index (χ4n) is 2.53. The molecular formula is C26H50FNOS. The molecule has 0 atom stereocenters. The molecule has 0 heterocycles. The van der Waals surface area contributed by atoms with Crippen molar-refractivity contribution in [2.24, 2.45) is 0 Å². The predicted octanol–water partition coefficient (Wildman–Crippen LogP) is 7.35. The number of halogens is 1. The minimum absolute atomic E-state index is 0.493. The molecule has 0 radical (unpaired) electrons. The number of benzene rings is 1. The number of alkyl halides is 1. The van der Waals surface area contributed by atoms with E-state index in [2.05, 4.69) is 31.6 Å². The minimum atomic E-state index is -1.67. The molecule has 1 rings (SSSR count). The smallest absolute Gasteiger partial charge is 0.109 e. The highest BCUT2D eigenvalue weighted by Crippen LogP contribution is 2.16. The topological polar surface area (TPSA) is 29.1 Å². The lowest BCUT2D eigenvalue weighted by Gasteiger charge is -2.17. The average Bonchev–Trinajstić information content (AvgIpc) is 2.57. The summed E-state index contributed by atoms with van der Waals surface area (Å²) >= 11 is 0. The van der Waals surface area contributed by atoms with Gasteiger partial charge in [-0.1, -0.05) is 76.9 Å². The van der Waals surface area contributed by atoms with E-state index >= 15 is 0 Å². The van der Waals surface area contributed by atoms with Gasteiger partial charge in [0, 0.05) is 30.7 Å². The number of hydrogen-bond donors (Lipinski definition) is 1. The molecule has 0 unspecified atom stereocenters. The molecule has 0 fully saturated rings. The van der Waals surface area contributed by atoms with Crippen LogP contribution in [0, 0.1) is 6.92 Å². The Labute approximate surface area is 188 Å². The SMILES string of the molecule is C=C(C)NC(CCC)CCC.C=S(C)(C)=O.CC.Cc1ccc(CC(C)(C)F)cc1. The molecule has 1 aromatic rings. The molecule has 0 saturated heterocycles. The van der Waals surface area contributed by atoms with Crippen molar-refractivity contribution in [2.45, 2.75) is 99.2 Å². The summed E-state index contributed by atoms with van der Waals surface area (Å²) in [5.41, 5.74) is 2.27. The number of aryl methyl sites for hydroxylation is 1. The molecule has 2 nitrogen and oxygen atoms in total. The van der Waals surface area contributed by atoms with Crippen LogP contribution in [-0.4, -0.2) is 34.3 Å². The number of allylic oxidation sites excluding steroid dienone is 1. The summed E-state index contributed by atoms with van der Waals surface area (Å²) in [4.78, 5) is 0. The molecule has 0 aliphatic heterocycles. The van der Waals surface area contributed by atoms with E-state index in [0.29, 0.717) is 12.5 Å². The van der Waals surface area contributed by atoms with Crippen LogP contribution in [0.25, 0.3) is 0 Å². The third-order valence-corrected chi connectivity index (χ3v) is 3.47. The van der Waals surface area contributed by atoms with Crippen LogP contribution in [0.15, 0.2) is 36.5 Å². The lowest BCUT2D eigenvalue weighted by Crippen LogP contribution is -2.26. The van der Waals surface area contributed by atoms with Crippen LogP contribution in [0.2, 0.25) is 0 Å². The fourth-order valence-corrected chi connectivity index (χ4v) is 2.53. The van der Waals surface area contributed by atoms with Gasteiger partial charge in [0.2, 0.25) is 0 Å². The Kier molecular flexibility index (Phi) is 20.5. The van der Waals surface area contributed by atoms with Crippen LogP contribution < -0.4 is 5.32 Å². The average molecular weight is 444 g/mol. The first-order valence-electron chi connectivity index (χ1n) is 11.1. The maximum absolute atomic E-state index is 13.2. The Morgan fingerprint density at radius 3 is 1.73 bits per heavy atom. The Balaban J connectivity index is -0.000000375. The summed E-state index contributed by atoms with van der Waals surface area (Å²) < 4.78 is 23.3. The van der Waals surface area contributed by atoms with Crippen LogP contribution in [-0.2, 0) is 15.9 Å². The Bertz CT molecular complexity index is 614. The van der Waals surface area contributed by atoms with Crippen molar-refractivity contribution in [2.75, 3.05) is 12.5 Å². The van der Waals surface area contributed by atoms with Crippen molar-refractivity contribution in [3.63, 3.8) is 0 Å². The fraction of sp³-hybridized carbons (Fsp3) is 0.654. The van der Waals surface area contributed by atoms with E-state index in [0.717, 1.165) is 11.3 Å². The summed E-state index contributed by atoms with van der Waals surface area (Å²) in [6, 6.07) is 8.65. The zero-order chi connectivity index (χ0) is 24.4. The Hall–Kier alpha value is -1.29. The van der Waals surface area contributed by atoms with Gasteiger partial charge in [0.1, 0.15) is 5.67 Å². The van der Waals surface area contributed by atoms with Crippen LogP contribution in [0.3, 0.4) is 0 Å². The number of rotatable bonds is 8. The van der Waals surface area contributed by atoms with E-state index in [9.17, 15) is 8.60 Å². The Morgan fingerprint density at radius 2 is 1.47 bits per heavy atom. The summed E-state index contributed by atoms with van der Waals surface area (Å²) in [5.74, 6) is 3.30. The van der Waals surface area contributed by atoms with Crippen molar-refractivity contribution in [3.05, 3.63) is 47.7 Å². The maximum atomic E-state index is 13.2. The molecule has 0 amide bonds. The van der Waals surface area contributed by atoms with Crippen molar-refractivity contribution in [1.29, 1.82) is 0 Å². The van der Waals surface area contributed by atoms with Gasteiger partial charge in [-0.2, -0.15) is 0 Å². The second-order valence-electron chi connectivity index (χ2n) is 8.52. The van der Waals surface area contributed by atoms with E-state index in [4.69, 9.17) is 0 Å². The Morgan fingerprint density at radius 1 is 1.10 bits per heavy atom. The van der Waals surface area contributed by atoms with E-state index < -0.39 is 15.2 Å². The van der Waals surface area contributed by atoms with Gasteiger partial charge in [-0.05, 0) is 61.5 Å². The quantitative estimate of drug-likeness (QED) is 0.425. The molecule has 1 aromatic carbocycles. The summed E-state index contributed by atoms with van der Waals surface area (Å²) in [6.45, 7) is 19.6. The van der Waals surface area contributed by atoms with Crippen LogP contribution >= 0.6 is 0 Å². The molecule has 0 spiro atoms. The van der Waals surface area contributed by atoms with Crippen LogP contribution in [0.5, 0.6) is 0 Å². The first-order chi connectivity index (χ1) is 13.7. The van der Waals surface area contributed by atoms with Crippen molar-refractivity contribution < 1.29 is 8.60 Å². The van der Waals surface area contributed by atoms with E-state index in [-0.39, 0.29) is 0 Å². The van der Waals surface area contributed by atoms with Gasteiger partial charge >= 0.3 is 0 Å². The van der Waals surface area contributed by atoms with Crippen molar-refractivity contribution >= 4 is 15.4 Å². The van der Waals surface area contributed by atoms with E-state index in [1.807, 2.05) is 52.0 Å². The highest BCUT2D eigenvalue weighted by atomic mass is 32.2. The molecule has 1 N–H and O–H groups in total. The third kappa shape index (κ3) is 31.4. The molecule has 178 valence electrons. The van der Waals surface area contributed by atoms with Gasteiger partial charge in [-0.25, -0.2) is 4.39 Å². The molecule has 0 bridgehead atoms. The lowest BCUT2D eigenvalue weighted by molar-refractivity contribution is 0.217. The lowest BCUT2D eigenvalue weighted by atomic mass is 10.00. The second kappa shape index (κ2) is 18.5. The second-order valence-corrected chi connectivity index (χ2v) is 11.4. The third-order valence-electron chi connectivity index (χ3n) is 3.47. The molecule has 4 heteroatoms. The van der Waals surface area contributed by atoms with E-state index in [1.54, 1.807) is 26.4 Å². The van der Waals surface area contributed by atoms with Gasteiger partial charge in [0.15, 0.2) is 0 Å². The number of nitrogens with one attached hydrogen (secondary N) is 1. The summed E-state index contributed by atoms with van der Waals surface area (Å²) in [5, 5.41) is 3.39. The van der Waals surface area contributed by atoms with Crippen molar-refractivity contribution in [1.82, 2.24) is 5.32 Å². The summed E-state index contributed by atoms with van der Waals surface area (Å²) in [7, 11) is -1.67.